The molecule has 1 aliphatic heterocycles. The number of nitrogens with one attached hydrogen (secondary N) is 4. The molecule has 0 spiro atoms. The fourth-order valence-corrected chi connectivity index (χ4v) is 3.25. The van der Waals surface area contributed by atoms with Crippen molar-refractivity contribution >= 4 is 11.9 Å². The van der Waals surface area contributed by atoms with Gasteiger partial charge >= 0.3 is 0 Å². The van der Waals surface area contributed by atoms with Crippen LogP contribution in [0.25, 0.3) is 0 Å². The molecule has 3 rings (SSSR count). The van der Waals surface area contributed by atoms with Crippen LogP contribution in [-0.2, 0) is 6.42 Å². The highest BCUT2D eigenvalue weighted by atomic mass is 15.3. The summed E-state index contributed by atoms with van der Waals surface area (Å²) in [4.78, 5) is 1.99. The highest BCUT2D eigenvalue weighted by Gasteiger charge is 2.21. The zero-order chi connectivity index (χ0) is 14.7. The Morgan fingerprint density at radius 3 is 2.67 bits per heavy atom. The Morgan fingerprint density at radius 2 is 1.86 bits per heavy atom. The average Bonchev–Trinajstić information content (AvgIpc) is 3.02. The topological polar surface area (TPSA) is 75.0 Å². The van der Waals surface area contributed by atoms with Gasteiger partial charge in [0.05, 0.1) is 6.04 Å². The lowest BCUT2D eigenvalue weighted by atomic mass is 9.88. The van der Waals surface area contributed by atoms with Crippen LogP contribution in [0.1, 0.15) is 42.9 Å². The second kappa shape index (κ2) is 6.16. The summed E-state index contributed by atoms with van der Waals surface area (Å²) in [6.45, 7) is 1.84. The normalized spacial score (nSPS) is 20.8. The summed E-state index contributed by atoms with van der Waals surface area (Å²) >= 11 is 0. The number of benzene rings is 1. The van der Waals surface area contributed by atoms with Gasteiger partial charge in [0.25, 0.3) is 0 Å². The number of likely N-dealkylation sites (tertiary alicyclic amines) is 1. The summed E-state index contributed by atoms with van der Waals surface area (Å²) in [6, 6.07) is 8.63. The molecule has 1 atom stereocenters. The highest BCUT2D eigenvalue weighted by molar-refractivity contribution is 5.96. The van der Waals surface area contributed by atoms with Crippen molar-refractivity contribution in [2.75, 3.05) is 13.1 Å². The molecule has 0 bridgehead atoms. The first-order chi connectivity index (χ1) is 10.2. The fraction of sp³-hybridized carbons (Fsp3) is 0.500. The molecule has 1 heterocycles. The van der Waals surface area contributed by atoms with E-state index < -0.39 is 0 Å². The third kappa shape index (κ3) is 3.17. The van der Waals surface area contributed by atoms with E-state index in [1.54, 1.807) is 0 Å². The molecule has 112 valence electrons. The van der Waals surface area contributed by atoms with Crippen molar-refractivity contribution in [3.05, 3.63) is 35.4 Å². The third-order valence-electron chi connectivity index (χ3n) is 4.35. The summed E-state index contributed by atoms with van der Waals surface area (Å²) in [7, 11) is 0. The van der Waals surface area contributed by atoms with Crippen molar-refractivity contribution < 1.29 is 0 Å². The van der Waals surface area contributed by atoms with Crippen LogP contribution in [0.3, 0.4) is 0 Å². The first-order valence-corrected chi connectivity index (χ1v) is 7.77. The highest BCUT2D eigenvalue weighted by Crippen LogP contribution is 2.29. The lowest BCUT2D eigenvalue weighted by molar-refractivity contribution is 0.495. The van der Waals surface area contributed by atoms with Gasteiger partial charge in [-0.15, -0.1) is 0 Å². The van der Waals surface area contributed by atoms with Crippen LogP contribution in [-0.4, -0.2) is 29.9 Å². The minimum absolute atomic E-state index is 0.182. The van der Waals surface area contributed by atoms with E-state index >= 15 is 0 Å². The molecule has 5 nitrogen and oxygen atoms in total. The van der Waals surface area contributed by atoms with Crippen LogP contribution in [0.4, 0.5) is 0 Å². The molecule has 1 aliphatic carbocycles. The first-order valence-electron chi connectivity index (χ1n) is 7.77. The average molecular weight is 285 g/mol. The molecular formula is C16H23N5. The van der Waals surface area contributed by atoms with E-state index in [1.807, 2.05) is 4.90 Å². The molecule has 1 unspecified atom stereocenters. The van der Waals surface area contributed by atoms with Gasteiger partial charge in [0.1, 0.15) is 0 Å². The molecular weight excluding hydrogens is 262 g/mol. The van der Waals surface area contributed by atoms with Crippen LogP contribution in [0.15, 0.2) is 24.3 Å². The first kappa shape index (κ1) is 13.9. The zero-order valence-corrected chi connectivity index (χ0v) is 12.3. The van der Waals surface area contributed by atoms with Crippen molar-refractivity contribution in [2.24, 2.45) is 0 Å². The fourth-order valence-electron chi connectivity index (χ4n) is 3.25. The predicted molar refractivity (Wildman–Crippen MR) is 84.7 cm³/mol. The van der Waals surface area contributed by atoms with Gasteiger partial charge in [-0.3, -0.25) is 16.1 Å². The van der Waals surface area contributed by atoms with E-state index in [0.29, 0.717) is 5.96 Å². The van der Waals surface area contributed by atoms with Crippen molar-refractivity contribution in [2.45, 2.75) is 38.1 Å². The number of aryl methyl sites for hydroxylation is 1. The minimum Gasteiger partial charge on any atom is -0.349 e. The Bertz CT molecular complexity index is 533. The summed E-state index contributed by atoms with van der Waals surface area (Å²) in [5.74, 6) is 0.572. The second-order valence-electron chi connectivity index (χ2n) is 5.83. The summed E-state index contributed by atoms with van der Waals surface area (Å²) in [6.07, 6.45) is 5.59. The summed E-state index contributed by atoms with van der Waals surface area (Å²) < 4.78 is 0. The second-order valence-corrected chi connectivity index (χ2v) is 5.83. The van der Waals surface area contributed by atoms with Gasteiger partial charge in [0.15, 0.2) is 11.9 Å². The Hall–Kier alpha value is -2.04. The minimum atomic E-state index is 0.182. The smallest absolute Gasteiger partial charge is 0.197 e. The van der Waals surface area contributed by atoms with E-state index in [9.17, 15) is 0 Å². The lowest BCUT2D eigenvalue weighted by Crippen LogP contribution is -2.48. The maximum Gasteiger partial charge on any atom is 0.197 e. The zero-order valence-electron chi connectivity index (χ0n) is 12.3. The molecule has 0 saturated carbocycles. The van der Waals surface area contributed by atoms with E-state index in [4.69, 9.17) is 10.8 Å². The number of nitrogens with zero attached hydrogens (tertiary/aromatic N) is 1. The number of rotatable bonds is 1. The van der Waals surface area contributed by atoms with E-state index in [2.05, 4.69) is 34.9 Å². The molecule has 1 saturated heterocycles. The Balaban J connectivity index is 1.59. The van der Waals surface area contributed by atoms with E-state index in [1.165, 1.54) is 11.1 Å². The van der Waals surface area contributed by atoms with Gasteiger partial charge in [-0.25, -0.2) is 0 Å². The van der Waals surface area contributed by atoms with Gasteiger partial charge in [-0.05, 0) is 43.2 Å². The molecule has 2 aliphatic rings. The Labute approximate surface area is 125 Å². The van der Waals surface area contributed by atoms with E-state index in [0.717, 1.165) is 45.2 Å². The van der Waals surface area contributed by atoms with Gasteiger partial charge in [0, 0.05) is 13.1 Å². The molecule has 0 aromatic heterocycles. The molecule has 4 N–H and O–H groups in total. The van der Waals surface area contributed by atoms with Crippen molar-refractivity contribution in [1.29, 1.82) is 10.8 Å². The standard InChI is InChI=1S/C16H23N5/c17-15(20-16(18)21-10-3-4-11-21)19-14-9-5-7-12-6-1-2-8-13(12)14/h1-2,6,8,14H,3-5,7,9-11H2,(H4,17,18,19,20). The van der Waals surface area contributed by atoms with Gasteiger partial charge in [0.2, 0.25) is 0 Å². The number of guanidine groups is 2. The van der Waals surface area contributed by atoms with Crippen molar-refractivity contribution in [3.63, 3.8) is 0 Å². The third-order valence-corrected chi connectivity index (χ3v) is 4.35. The van der Waals surface area contributed by atoms with Gasteiger partial charge in [-0.2, -0.15) is 0 Å². The largest absolute Gasteiger partial charge is 0.349 e. The molecule has 1 fully saturated rings. The lowest BCUT2D eigenvalue weighted by Gasteiger charge is -2.28. The SMILES string of the molecule is N=C(NC(=N)N1CCCC1)NC1CCCc2ccccc21. The van der Waals surface area contributed by atoms with Crippen LogP contribution in [0.2, 0.25) is 0 Å². The van der Waals surface area contributed by atoms with Crippen LogP contribution < -0.4 is 10.6 Å². The van der Waals surface area contributed by atoms with Gasteiger partial charge in [-0.1, -0.05) is 24.3 Å². The summed E-state index contributed by atoms with van der Waals surface area (Å²) in [5.41, 5.74) is 2.67. The number of fused-ring (bicyclic) bond motifs is 1. The Kier molecular flexibility index (Phi) is 4.08. The van der Waals surface area contributed by atoms with Gasteiger partial charge < -0.3 is 10.2 Å². The monoisotopic (exact) mass is 285 g/mol. The Morgan fingerprint density at radius 1 is 1.10 bits per heavy atom. The van der Waals surface area contributed by atoms with Crippen LogP contribution in [0.5, 0.6) is 0 Å². The number of hydrogen-bond acceptors (Lipinski definition) is 2. The predicted octanol–water partition coefficient (Wildman–Crippen LogP) is 2.21. The quantitative estimate of drug-likeness (QED) is 0.472. The molecule has 1 aromatic carbocycles. The molecule has 0 radical (unpaired) electrons. The molecule has 21 heavy (non-hydrogen) atoms. The summed E-state index contributed by atoms with van der Waals surface area (Å²) in [5, 5.41) is 22.2. The number of hydrogen-bond donors (Lipinski definition) is 4. The maximum atomic E-state index is 8.07. The molecule has 1 aromatic rings. The molecule has 5 heteroatoms. The maximum absolute atomic E-state index is 8.07. The van der Waals surface area contributed by atoms with Crippen LogP contribution >= 0.6 is 0 Å². The van der Waals surface area contributed by atoms with E-state index in [-0.39, 0.29) is 12.0 Å². The van der Waals surface area contributed by atoms with Crippen molar-refractivity contribution in [3.8, 4) is 0 Å². The van der Waals surface area contributed by atoms with Crippen LogP contribution in [0, 0.1) is 10.8 Å². The molecule has 0 amide bonds. The van der Waals surface area contributed by atoms with Crippen molar-refractivity contribution in [1.82, 2.24) is 15.5 Å².